The Morgan fingerprint density at radius 1 is 1.16 bits per heavy atom. The SMILES string of the molecule is COc1ccncc1-c1c(-c2ccc3c(c2)CN(C2CCC(=O)NC2=O)C3=O)ncn1C. The number of rotatable bonds is 4. The predicted octanol–water partition coefficient (Wildman–Crippen LogP) is 1.92. The molecule has 1 unspecified atom stereocenters. The van der Waals surface area contributed by atoms with Crippen LogP contribution in [0.1, 0.15) is 28.8 Å². The van der Waals surface area contributed by atoms with Crippen LogP contribution in [0, 0.1) is 0 Å². The van der Waals surface area contributed by atoms with Gasteiger partial charge in [-0.1, -0.05) is 6.07 Å². The number of imide groups is 1. The minimum Gasteiger partial charge on any atom is -0.496 e. The Hall–Kier alpha value is -4.01. The second-order valence-electron chi connectivity index (χ2n) is 7.90. The van der Waals surface area contributed by atoms with Gasteiger partial charge in [0, 0.05) is 43.5 Å². The highest BCUT2D eigenvalue weighted by molar-refractivity contribution is 6.05. The van der Waals surface area contributed by atoms with Crippen molar-refractivity contribution >= 4 is 17.7 Å². The number of fused-ring (bicyclic) bond motifs is 1. The van der Waals surface area contributed by atoms with Crippen LogP contribution in [0.3, 0.4) is 0 Å². The number of aryl methyl sites for hydroxylation is 1. The van der Waals surface area contributed by atoms with E-state index in [9.17, 15) is 14.4 Å². The third kappa shape index (κ3) is 3.13. The molecule has 1 atom stereocenters. The zero-order valence-electron chi connectivity index (χ0n) is 17.7. The summed E-state index contributed by atoms with van der Waals surface area (Å²) in [5.74, 6) is -0.231. The fraction of sp³-hybridized carbons (Fsp3) is 0.261. The largest absolute Gasteiger partial charge is 0.496 e. The molecule has 9 heteroatoms. The smallest absolute Gasteiger partial charge is 0.255 e. The summed E-state index contributed by atoms with van der Waals surface area (Å²) >= 11 is 0. The molecule has 3 aromatic rings. The van der Waals surface area contributed by atoms with E-state index >= 15 is 0 Å². The van der Waals surface area contributed by atoms with Crippen LogP contribution in [0.4, 0.5) is 0 Å². The van der Waals surface area contributed by atoms with E-state index in [1.54, 1.807) is 42.9 Å². The fourth-order valence-corrected chi connectivity index (χ4v) is 4.42. The average molecular weight is 431 g/mol. The van der Waals surface area contributed by atoms with Gasteiger partial charge in [0.2, 0.25) is 11.8 Å². The third-order valence-corrected chi connectivity index (χ3v) is 5.99. The third-order valence-electron chi connectivity index (χ3n) is 5.99. The number of carbonyl (C=O) groups is 3. The standard InChI is InChI=1S/C23H21N5O4/c1-27-12-25-20(21(27)16-10-24-8-7-18(16)32-2)13-3-4-15-14(9-13)11-28(23(15)31)17-5-6-19(29)26-22(17)30/h3-4,7-10,12,17H,5-6,11H2,1-2H3,(H,26,29,30). The Morgan fingerprint density at radius 2 is 2.00 bits per heavy atom. The predicted molar refractivity (Wildman–Crippen MR) is 114 cm³/mol. The second kappa shape index (κ2) is 7.60. The van der Waals surface area contributed by atoms with Gasteiger partial charge in [0.05, 0.1) is 30.4 Å². The van der Waals surface area contributed by atoms with E-state index in [0.717, 1.165) is 28.1 Å². The number of amides is 3. The lowest BCUT2D eigenvalue weighted by Crippen LogP contribution is -2.52. The van der Waals surface area contributed by atoms with Gasteiger partial charge in [-0.15, -0.1) is 0 Å². The average Bonchev–Trinajstić information content (AvgIpc) is 3.33. The molecule has 9 nitrogen and oxygen atoms in total. The summed E-state index contributed by atoms with van der Waals surface area (Å²) in [7, 11) is 3.51. The molecule has 1 fully saturated rings. The Balaban J connectivity index is 1.51. The summed E-state index contributed by atoms with van der Waals surface area (Å²) in [6.45, 7) is 0.312. The molecule has 1 aromatic carbocycles. The van der Waals surface area contributed by atoms with Gasteiger partial charge in [-0.05, 0) is 30.2 Å². The van der Waals surface area contributed by atoms with Gasteiger partial charge in [0.25, 0.3) is 5.91 Å². The van der Waals surface area contributed by atoms with Crippen molar-refractivity contribution in [3.8, 4) is 28.3 Å². The number of methoxy groups -OCH3 is 1. The van der Waals surface area contributed by atoms with Crippen LogP contribution in [0.15, 0.2) is 43.0 Å². The Labute approximate surface area is 184 Å². The normalized spacial score (nSPS) is 18.0. The van der Waals surface area contributed by atoms with E-state index in [0.29, 0.717) is 24.3 Å². The highest BCUT2D eigenvalue weighted by Crippen LogP contribution is 2.37. The number of nitrogens with zero attached hydrogens (tertiary/aromatic N) is 4. The lowest BCUT2D eigenvalue weighted by atomic mass is 10.0. The molecule has 2 aromatic heterocycles. The van der Waals surface area contributed by atoms with Gasteiger partial charge in [-0.3, -0.25) is 24.7 Å². The van der Waals surface area contributed by atoms with Gasteiger partial charge in [0.15, 0.2) is 0 Å². The van der Waals surface area contributed by atoms with Crippen LogP contribution in [0.25, 0.3) is 22.5 Å². The first-order valence-corrected chi connectivity index (χ1v) is 10.3. The maximum Gasteiger partial charge on any atom is 0.255 e. The van der Waals surface area contributed by atoms with Crippen molar-refractivity contribution in [2.24, 2.45) is 7.05 Å². The van der Waals surface area contributed by atoms with Gasteiger partial charge in [-0.2, -0.15) is 0 Å². The molecule has 0 saturated carbocycles. The minimum absolute atomic E-state index is 0.198. The first-order valence-electron chi connectivity index (χ1n) is 10.3. The summed E-state index contributed by atoms with van der Waals surface area (Å²) in [5.41, 5.74) is 4.64. The first kappa shape index (κ1) is 19.9. The van der Waals surface area contributed by atoms with Gasteiger partial charge < -0.3 is 14.2 Å². The molecular weight excluding hydrogens is 410 g/mol. The number of piperidine rings is 1. The molecule has 1 saturated heterocycles. The van der Waals surface area contributed by atoms with Gasteiger partial charge in [-0.25, -0.2) is 4.98 Å². The lowest BCUT2D eigenvalue weighted by molar-refractivity contribution is -0.136. The molecule has 162 valence electrons. The van der Waals surface area contributed by atoms with Gasteiger partial charge in [0.1, 0.15) is 11.8 Å². The number of imidazole rings is 1. The number of pyridine rings is 1. The van der Waals surface area contributed by atoms with Crippen LogP contribution in [-0.4, -0.2) is 50.3 Å². The molecule has 0 aliphatic carbocycles. The minimum atomic E-state index is -0.638. The molecule has 2 aliphatic heterocycles. The second-order valence-corrected chi connectivity index (χ2v) is 7.90. The summed E-state index contributed by atoms with van der Waals surface area (Å²) in [6, 6.07) is 6.73. The van der Waals surface area contributed by atoms with Crippen molar-refractivity contribution in [3.05, 3.63) is 54.1 Å². The monoisotopic (exact) mass is 431 g/mol. The van der Waals surface area contributed by atoms with Gasteiger partial charge >= 0.3 is 0 Å². The van der Waals surface area contributed by atoms with Crippen molar-refractivity contribution in [2.45, 2.75) is 25.4 Å². The molecule has 0 bridgehead atoms. The van der Waals surface area contributed by atoms with Crippen LogP contribution < -0.4 is 10.1 Å². The van der Waals surface area contributed by atoms with E-state index < -0.39 is 11.9 Å². The summed E-state index contributed by atoms with van der Waals surface area (Å²) in [4.78, 5) is 47.1. The van der Waals surface area contributed by atoms with Crippen LogP contribution in [-0.2, 0) is 23.2 Å². The molecule has 1 N–H and O–H groups in total. The summed E-state index contributed by atoms with van der Waals surface area (Å²) in [6.07, 6.45) is 5.70. The summed E-state index contributed by atoms with van der Waals surface area (Å²) < 4.78 is 7.41. The van der Waals surface area contributed by atoms with Crippen molar-refractivity contribution in [3.63, 3.8) is 0 Å². The maximum atomic E-state index is 13.0. The summed E-state index contributed by atoms with van der Waals surface area (Å²) in [5, 5.41) is 2.33. The zero-order valence-corrected chi connectivity index (χ0v) is 17.7. The molecular formula is C23H21N5O4. The van der Waals surface area contributed by atoms with E-state index in [2.05, 4.69) is 15.3 Å². The van der Waals surface area contributed by atoms with Crippen LogP contribution >= 0.6 is 0 Å². The first-order chi connectivity index (χ1) is 15.5. The molecule has 0 spiro atoms. The van der Waals surface area contributed by atoms with Crippen molar-refractivity contribution in [1.82, 2.24) is 24.8 Å². The number of nitrogens with one attached hydrogen (secondary N) is 1. The van der Waals surface area contributed by atoms with Crippen molar-refractivity contribution in [2.75, 3.05) is 7.11 Å². The van der Waals surface area contributed by atoms with Crippen LogP contribution in [0.2, 0.25) is 0 Å². The number of aromatic nitrogens is 3. The van der Waals surface area contributed by atoms with Crippen LogP contribution in [0.5, 0.6) is 5.75 Å². The highest BCUT2D eigenvalue weighted by Gasteiger charge is 2.39. The fourth-order valence-electron chi connectivity index (χ4n) is 4.42. The molecule has 2 aliphatic rings. The van der Waals surface area contributed by atoms with E-state index in [-0.39, 0.29) is 18.2 Å². The quantitative estimate of drug-likeness (QED) is 0.633. The molecule has 3 amide bonds. The number of carbonyl (C=O) groups excluding carboxylic acids is 3. The molecule has 0 radical (unpaired) electrons. The van der Waals surface area contributed by atoms with E-state index in [1.807, 2.05) is 23.7 Å². The number of benzene rings is 1. The Bertz CT molecular complexity index is 1270. The highest BCUT2D eigenvalue weighted by atomic mass is 16.5. The zero-order chi connectivity index (χ0) is 22.4. The maximum absolute atomic E-state index is 13.0. The molecule has 32 heavy (non-hydrogen) atoms. The molecule has 4 heterocycles. The van der Waals surface area contributed by atoms with Crippen molar-refractivity contribution < 1.29 is 19.1 Å². The Morgan fingerprint density at radius 3 is 2.78 bits per heavy atom. The number of hydrogen-bond donors (Lipinski definition) is 1. The topological polar surface area (TPSA) is 106 Å². The van der Waals surface area contributed by atoms with E-state index in [4.69, 9.17) is 4.74 Å². The Kier molecular flexibility index (Phi) is 4.73. The lowest BCUT2D eigenvalue weighted by Gasteiger charge is -2.29. The van der Waals surface area contributed by atoms with Crippen molar-refractivity contribution in [1.29, 1.82) is 0 Å². The molecule has 5 rings (SSSR count). The number of ether oxygens (including phenoxy) is 1. The number of hydrogen-bond acceptors (Lipinski definition) is 6. The van der Waals surface area contributed by atoms with E-state index in [1.165, 1.54) is 0 Å².